The Morgan fingerprint density at radius 3 is 0.661 bits per heavy atom. The number of hydrogen-bond acceptors (Lipinski definition) is 1. The van der Waals surface area contributed by atoms with E-state index in [1.807, 2.05) is 0 Å². The monoisotopic (exact) mass is 829 g/mol. The fourth-order valence-corrected chi connectivity index (χ4v) is 16.2. The third-order valence-corrected chi connectivity index (χ3v) is 16.7. The van der Waals surface area contributed by atoms with Crippen LogP contribution in [0.15, 0.2) is 97.1 Å². The van der Waals surface area contributed by atoms with Gasteiger partial charge in [0.05, 0.1) is 0 Å². The van der Waals surface area contributed by atoms with E-state index in [9.17, 15) is 0 Å². The molecule has 4 aromatic rings. The molecule has 0 bridgehead atoms. The Hall–Kier alpha value is -2.73. The van der Waals surface area contributed by atoms with Crippen molar-refractivity contribution in [2.45, 2.75) is 186 Å². The fourth-order valence-electron chi connectivity index (χ4n) is 10.7. The van der Waals surface area contributed by atoms with E-state index >= 15 is 0 Å². The molecule has 1 nitrogen and oxygen atoms in total. The minimum absolute atomic E-state index is 0.0193. The average molecular weight is 829 g/mol. The van der Waals surface area contributed by atoms with Crippen molar-refractivity contribution in [3.05, 3.63) is 119 Å². The van der Waals surface area contributed by atoms with Gasteiger partial charge in [-0.25, -0.2) is 0 Å². The van der Waals surface area contributed by atoms with E-state index < -0.39 is 18.1 Å². The number of hydrogen-bond donors (Lipinski definition) is 0. The largest absolute Gasteiger partial charge is 0.442 e. The molecule has 0 heterocycles. The van der Waals surface area contributed by atoms with Gasteiger partial charge < -0.3 is 4.12 Å². The Morgan fingerprint density at radius 1 is 0.305 bits per heavy atom. The van der Waals surface area contributed by atoms with Gasteiger partial charge in [-0.1, -0.05) is 236 Å². The summed E-state index contributed by atoms with van der Waals surface area (Å²) in [6.07, 6.45) is 4.41. The first-order chi connectivity index (χ1) is 26.7. The molecule has 0 saturated carbocycles. The predicted octanol–water partition coefficient (Wildman–Crippen LogP) is 13.5. The molecule has 0 aliphatic carbocycles. The molecule has 2 radical (unpaired) electrons. The lowest BCUT2D eigenvalue weighted by Gasteiger charge is -2.35. The molecule has 59 heavy (non-hydrogen) atoms. The van der Waals surface area contributed by atoms with Crippen molar-refractivity contribution >= 4 is 38.8 Å². The molecule has 4 rings (SSSR count). The first kappa shape index (κ1) is 48.9. The topological polar surface area (TPSA) is 9.23 Å². The van der Waals surface area contributed by atoms with Crippen LogP contribution < -0.4 is 20.7 Å². The second kappa shape index (κ2) is 17.6. The van der Waals surface area contributed by atoms with Gasteiger partial charge in [-0.2, -0.15) is 0 Å². The van der Waals surface area contributed by atoms with Crippen LogP contribution in [0.5, 0.6) is 0 Å². The standard InChI is InChI=1S/C56H84OSi2/c1-49(2,3)37-53(13,14)41-25-21-29-45(33-41)58(46-30-22-26-42(34-46)54(15,16)38-50(4,5)6)57-59(47-31-23-27-43(35-47)55(17,18)39-51(7,8)9)48-32-24-28-44(36-48)56(19,20)40-52(10,11)12/h21-36H,37-40H2,1-20H3. The second-order valence-electron chi connectivity index (χ2n) is 25.6. The molecule has 0 unspecified atom stereocenters. The van der Waals surface area contributed by atoms with E-state index in [0.717, 1.165) is 25.7 Å². The van der Waals surface area contributed by atoms with Crippen molar-refractivity contribution in [2.75, 3.05) is 0 Å². The van der Waals surface area contributed by atoms with Gasteiger partial charge >= 0.3 is 0 Å². The molecule has 4 aromatic carbocycles. The molecule has 0 aliphatic rings. The van der Waals surface area contributed by atoms with Crippen molar-refractivity contribution in [1.29, 1.82) is 0 Å². The first-order valence-corrected chi connectivity index (χ1v) is 25.3. The van der Waals surface area contributed by atoms with Gasteiger partial charge in [0.15, 0.2) is 0 Å². The molecule has 3 heteroatoms. The van der Waals surface area contributed by atoms with E-state index in [0.29, 0.717) is 0 Å². The quantitative estimate of drug-likeness (QED) is 0.115. The van der Waals surface area contributed by atoms with Crippen LogP contribution >= 0.6 is 0 Å². The van der Waals surface area contributed by atoms with Gasteiger partial charge in [0.25, 0.3) is 18.1 Å². The lowest BCUT2D eigenvalue weighted by Crippen LogP contribution is -2.56. The lowest BCUT2D eigenvalue weighted by molar-refractivity contribution is 0.283. The van der Waals surface area contributed by atoms with E-state index in [2.05, 4.69) is 236 Å². The summed E-state index contributed by atoms with van der Waals surface area (Å²) in [5, 5.41) is 5.32. The van der Waals surface area contributed by atoms with Crippen molar-refractivity contribution in [3.63, 3.8) is 0 Å². The van der Waals surface area contributed by atoms with Crippen LogP contribution in [0.1, 0.15) is 186 Å². The maximum absolute atomic E-state index is 8.07. The summed E-state index contributed by atoms with van der Waals surface area (Å²) < 4.78 is 8.07. The summed E-state index contributed by atoms with van der Waals surface area (Å²) in [6, 6.07) is 38.1. The molecule has 0 fully saturated rings. The van der Waals surface area contributed by atoms with Gasteiger partial charge in [-0.3, -0.25) is 0 Å². The number of rotatable bonds is 14. The van der Waals surface area contributed by atoms with Crippen LogP contribution in [-0.2, 0) is 25.8 Å². The van der Waals surface area contributed by atoms with Gasteiger partial charge in [0.2, 0.25) is 0 Å². The smallest absolute Gasteiger partial charge is 0.272 e. The summed E-state index contributed by atoms with van der Waals surface area (Å²) in [4.78, 5) is 0. The van der Waals surface area contributed by atoms with Crippen LogP contribution in [0.3, 0.4) is 0 Å². The lowest BCUT2D eigenvalue weighted by atomic mass is 9.72. The Balaban J connectivity index is 2.02. The van der Waals surface area contributed by atoms with E-state index in [-0.39, 0.29) is 43.3 Å². The van der Waals surface area contributed by atoms with Crippen LogP contribution in [0, 0.1) is 21.7 Å². The molecule has 0 amide bonds. The molecule has 0 saturated heterocycles. The molecule has 0 atom stereocenters. The summed E-state index contributed by atoms with van der Waals surface area (Å²) in [5.74, 6) is 0. The number of benzene rings is 4. The van der Waals surface area contributed by atoms with Crippen LogP contribution in [0.2, 0.25) is 0 Å². The fraction of sp³-hybridized carbons (Fsp3) is 0.571. The average Bonchev–Trinajstić information content (AvgIpc) is 3.05. The van der Waals surface area contributed by atoms with Crippen molar-refractivity contribution in [2.24, 2.45) is 21.7 Å². The Kier molecular flexibility index (Phi) is 14.6. The van der Waals surface area contributed by atoms with Crippen molar-refractivity contribution in [3.8, 4) is 0 Å². The first-order valence-electron chi connectivity index (χ1n) is 22.5. The zero-order chi connectivity index (χ0) is 44.6. The molecular formula is C56H84OSi2. The van der Waals surface area contributed by atoms with Crippen LogP contribution in [-0.4, -0.2) is 18.1 Å². The van der Waals surface area contributed by atoms with Crippen LogP contribution in [0.4, 0.5) is 0 Å². The highest BCUT2D eigenvalue weighted by Gasteiger charge is 2.36. The maximum Gasteiger partial charge on any atom is 0.272 e. The molecular weight excluding hydrogens is 745 g/mol. The molecule has 0 aromatic heterocycles. The van der Waals surface area contributed by atoms with Crippen molar-refractivity contribution < 1.29 is 4.12 Å². The van der Waals surface area contributed by atoms with Gasteiger partial charge in [-0.05, 0) is 112 Å². The normalized spacial score (nSPS) is 14.1. The van der Waals surface area contributed by atoms with E-state index in [4.69, 9.17) is 4.12 Å². The highest BCUT2D eigenvalue weighted by atomic mass is 28.4. The van der Waals surface area contributed by atoms with Gasteiger partial charge in [-0.15, -0.1) is 0 Å². The SMILES string of the molecule is CC(C)(C)CC(C)(C)c1cccc([Si](O[Si](c2cccc(C(C)(C)CC(C)(C)C)c2)c2cccc(C(C)(C)CC(C)(C)C)c2)c2cccc(C(C)(C)CC(C)(C)C)c2)c1. The minimum atomic E-state index is -1.75. The van der Waals surface area contributed by atoms with Gasteiger partial charge in [0, 0.05) is 0 Å². The zero-order valence-electron chi connectivity index (χ0n) is 41.5. The van der Waals surface area contributed by atoms with E-state index in [1.54, 1.807) is 0 Å². The Morgan fingerprint density at radius 2 is 0.492 bits per heavy atom. The third-order valence-electron chi connectivity index (χ3n) is 11.7. The third kappa shape index (κ3) is 14.2. The minimum Gasteiger partial charge on any atom is -0.442 e. The van der Waals surface area contributed by atoms with E-state index in [1.165, 1.54) is 43.0 Å². The summed E-state index contributed by atoms with van der Waals surface area (Å²) in [5.41, 5.74) is 6.51. The maximum atomic E-state index is 8.07. The highest BCUT2D eigenvalue weighted by molar-refractivity contribution is 6.91. The van der Waals surface area contributed by atoms with Gasteiger partial charge in [0.1, 0.15) is 0 Å². The Labute approximate surface area is 368 Å². The molecule has 0 N–H and O–H groups in total. The zero-order valence-corrected chi connectivity index (χ0v) is 43.5. The summed E-state index contributed by atoms with van der Waals surface area (Å²) >= 11 is 0. The Bertz CT molecular complexity index is 1710. The molecule has 322 valence electrons. The predicted molar refractivity (Wildman–Crippen MR) is 265 cm³/mol. The van der Waals surface area contributed by atoms with Crippen LogP contribution in [0.25, 0.3) is 0 Å². The van der Waals surface area contributed by atoms with Crippen molar-refractivity contribution in [1.82, 2.24) is 0 Å². The summed E-state index contributed by atoms with van der Waals surface area (Å²) in [7, 11) is -3.50. The second-order valence-corrected chi connectivity index (χ2v) is 30.0. The highest BCUT2D eigenvalue weighted by Crippen LogP contribution is 2.39. The molecule has 0 spiro atoms. The summed E-state index contributed by atoms with van der Waals surface area (Å²) in [6.45, 7) is 47.8. The molecule has 0 aliphatic heterocycles.